The van der Waals surface area contributed by atoms with E-state index in [9.17, 15) is 0 Å². The second kappa shape index (κ2) is 17.3. The molecule has 0 spiro atoms. The fourth-order valence-corrected chi connectivity index (χ4v) is 19.2. The minimum atomic E-state index is -2.85. The molecule has 330 valence electrons. The summed E-state index contributed by atoms with van der Waals surface area (Å²) >= 11 is 0. The fraction of sp³-hybridized carbons (Fsp3) is 0.200. The van der Waals surface area contributed by atoms with Gasteiger partial charge in [0.25, 0.3) is 0 Å². The van der Waals surface area contributed by atoms with Crippen LogP contribution in [0.2, 0.25) is 10.1 Å². The lowest BCUT2D eigenvalue weighted by Gasteiger charge is -2.43. The van der Waals surface area contributed by atoms with E-state index in [2.05, 4.69) is 251 Å². The van der Waals surface area contributed by atoms with Crippen molar-refractivity contribution in [3.63, 3.8) is 0 Å². The molecule has 0 N–H and O–H groups in total. The number of hydrogen-bond donors (Lipinski definition) is 0. The topological polar surface area (TPSA) is 43.2 Å². The molecule has 1 aliphatic carbocycles. The highest BCUT2D eigenvalue weighted by Gasteiger charge is 2.53. The van der Waals surface area contributed by atoms with Gasteiger partial charge in [0.15, 0.2) is 0 Å². The predicted molar refractivity (Wildman–Crippen MR) is 285 cm³/mol. The summed E-state index contributed by atoms with van der Waals surface area (Å²) in [6.45, 7) is 22.5. The minimum absolute atomic E-state index is 0.169. The Kier molecular flexibility index (Phi) is 11.7. The molecule has 0 atom stereocenters. The van der Waals surface area contributed by atoms with Crippen LogP contribution < -0.4 is 29.6 Å². The molecule has 0 amide bonds. The third-order valence-corrected chi connectivity index (χ3v) is 23.3. The number of nitrogens with zero attached hydrogens (tertiary/aromatic N) is 2. The van der Waals surface area contributed by atoms with Crippen LogP contribution in [0.5, 0.6) is 11.5 Å². The summed E-state index contributed by atoms with van der Waals surface area (Å²) < 4.78 is 15.0. The van der Waals surface area contributed by atoms with Crippen LogP contribution in [0.1, 0.15) is 74.9 Å². The average Bonchev–Trinajstić information content (AvgIpc) is 3.60. The molecule has 6 heteroatoms. The van der Waals surface area contributed by atoms with Gasteiger partial charge in [0.1, 0.15) is 11.5 Å². The number of aryl methyl sites for hydroxylation is 4. The molecule has 0 bridgehead atoms. The molecular formula is C60H60N2O2Si2. The van der Waals surface area contributed by atoms with Crippen LogP contribution in [0.3, 0.4) is 0 Å². The first-order chi connectivity index (χ1) is 31.6. The third kappa shape index (κ3) is 7.76. The zero-order valence-corrected chi connectivity index (χ0v) is 42.0. The third-order valence-electron chi connectivity index (χ3n) is 13.4. The molecule has 0 radical (unpaired) electrons. The molecule has 0 aliphatic heterocycles. The van der Waals surface area contributed by atoms with Crippen LogP contribution in [0, 0.1) is 27.7 Å². The zero-order valence-electron chi connectivity index (χ0n) is 40.0. The average molecular weight is 897 g/mol. The highest BCUT2D eigenvalue weighted by Crippen LogP contribution is 2.43. The molecule has 0 saturated heterocycles. The molecule has 8 aromatic rings. The van der Waals surface area contributed by atoms with Crippen molar-refractivity contribution in [3.05, 3.63) is 215 Å². The Morgan fingerprint density at radius 1 is 0.364 bits per heavy atom. The molecule has 66 heavy (non-hydrogen) atoms. The van der Waals surface area contributed by atoms with Gasteiger partial charge in [0, 0.05) is 16.5 Å². The highest BCUT2D eigenvalue weighted by molar-refractivity contribution is 7.00. The van der Waals surface area contributed by atoms with E-state index in [1.807, 2.05) is 0 Å². The lowest BCUT2D eigenvalue weighted by molar-refractivity contribution is 0.507. The fourth-order valence-electron chi connectivity index (χ4n) is 10.4. The van der Waals surface area contributed by atoms with Crippen molar-refractivity contribution in [2.45, 2.75) is 79.3 Å². The normalized spacial score (nSPS) is 14.3. The van der Waals surface area contributed by atoms with Crippen LogP contribution >= 0.6 is 0 Å². The Hall–Kier alpha value is -6.61. The first-order valence-electron chi connectivity index (χ1n) is 23.2. The molecule has 0 saturated carbocycles. The zero-order chi connectivity index (χ0) is 46.4. The number of benzene rings is 8. The highest BCUT2D eigenvalue weighted by atomic mass is 28.4. The summed E-state index contributed by atoms with van der Waals surface area (Å²) in [4.78, 5) is 11.2. The summed E-state index contributed by atoms with van der Waals surface area (Å²) in [6, 6.07) is 65.1. The molecule has 8 aromatic carbocycles. The van der Waals surface area contributed by atoms with Crippen molar-refractivity contribution in [3.8, 4) is 11.5 Å². The van der Waals surface area contributed by atoms with E-state index in [0.29, 0.717) is 0 Å². The molecule has 0 aromatic heterocycles. The summed E-state index contributed by atoms with van der Waals surface area (Å²) in [5, 5.41) is 7.00. The molecule has 0 fully saturated rings. The van der Waals surface area contributed by atoms with Gasteiger partial charge in [-0.2, -0.15) is 0 Å². The smallest absolute Gasteiger partial charge is 0.319 e. The SMILES string of the molecule is Cc1cc(O[Si](c2ccccc2)(c2ccccc2)C(C)(C)C)cc(C)c1N=C1C(=Nc2c(C)cc(O[Si](c3ccccc3)(c3ccccc3)C(C)(C)C)cc2C)c2cccc3cccc1c23. The predicted octanol–water partition coefficient (Wildman–Crippen LogP) is 13.2. The van der Waals surface area contributed by atoms with Gasteiger partial charge in [-0.1, -0.05) is 199 Å². The Morgan fingerprint density at radius 2 is 0.652 bits per heavy atom. The summed E-state index contributed by atoms with van der Waals surface area (Å²) in [6.07, 6.45) is 0. The van der Waals surface area contributed by atoms with E-state index in [4.69, 9.17) is 18.8 Å². The van der Waals surface area contributed by atoms with E-state index in [0.717, 1.165) is 67.7 Å². The molecular weight excluding hydrogens is 837 g/mol. The van der Waals surface area contributed by atoms with Crippen LogP contribution in [-0.2, 0) is 0 Å². The van der Waals surface area contributed by atoms with Crippen LogP contribution in [0.15, 0.2) is 192 Å². The number of hydrogen-bond acceptors (Lipinski definition) is 4. The maximum atomic E-state index is 7.52. The summed E-state index contributed by atoms with van der Waals surface area (Å²) in [5.41, 5.74) is 10.0. The largest absolute Gasteiger partial charge is 0.534 e. The number of rotatable bonds is 10. The molecule has 0 heterocycles. The monoisotopic (exact) mass is 896 g/mol. The summed E-state index contributed by atoms with van der Waals surface area (Å²) in [5.74, 6) is 1.72. The second-order valence-corrected chi connectivity index (χ2v) is 28.4. The molecule has 4 nitrogen and oxygen atoms in total. The van der Waals surface area contributed by atoms with Crippen molar-refractivity contribution in [2.75, 3.05) is 0 Å². The molecule has 1 aliphatic rings. The van der Waals surface area contributed by atoms with Crippen molar-refractivity contribution in [2.24, 2.45) is 9.98 Å². The van der Waals surface area contributed by atoms with E-state index in [-0.39, 0.29) is 10.1 Å². The van der Waals surface area contributed by atoms with Gasteiger partial charge in [0.2, 0.25) is 0 Å². The molecule has 0 unspecified atom stereocenters. The van der Waals surface area contributed by atoms with Crippen molar-refractivity contribution in [1.82, 2.24) is 0 Å². The van der Waals surface area contributed by atoms with Crippen LogP contribution in [0.25, 0.3) is 10.8 Å². The van der Waals surface area contributed by atoms with Crippen molar-refractivity contribution < 1.29 is 8.85 Å². The van der Waals surface area contributed by atoms with E-state index < -0.39 is 16.6 Å². The maximum absolute atomic E-state index is 7.52. The summed E-state index contributed by atoms with van der Waals surface area (Å²) in [7, 11) is -5.71. The van der Waals surface area contributed by atoms with Gasteiger partial charge in [0.05, 0.1) is 22.8 Å². The van der Waals surface area contributed by atoms with Gasteiger partial charge in [-0.05, 0) is 110 Å². The quantitative estimate of drug-likeness (QED) is 0.128. The minimum Gasteiger partial charge on any atom is -0.534 e. The Morgan fingerprint density at radius 3 is 0.924 bits per heavy atom. The van der Waals surface area contributed by atoms with E-state index in [1.165, 1.54) is 31.5 Å². The Labute approximate surface area is 394 Å². The lowest BCUT2D eigenvalue weighted by atomic mass is 10.0. The number of aliphatic imine (C=N–C) groups is 2. The second-order valence-electron chi connectivity index (χ2n) is 20.0. The van der Waals surface area contributed by atoms with Gasteiger partial charge >= 0.3 is 16.6 Å². The van der Waals surface area contributed by atoms with Gasteiger partial charge in [-0.3, -0.25) is 0 Å². The standard InChI is InChI=1S/C60H60N2O2Si2/c1-41-37-46(63-65(59(5,6)7,48-27-15-11-16-28-48)49-29-17-12-18-30-49)38-42(2)55(41)61-57-52-35-23-25-45-26-24-36-53(54(45)52)58(57)62-56-43(3)39-47(40-44(56)4)64-66(60(8,9)10,50-31-19-13-20-32-50)51-33-21-14-22-34-51/h11-40H,1-10H3. The van der Waals surface area contributed by atoms with Crippen molar-refractivity contribution >= 4 is 71.0 Å². The maximum Gasteiger partial charge on any atom is 0.319 e. The Balaban J connectivity index is 1.15. The van der Waals surface area contributed by atoms with Gasteiger partial charge < -0.3 is 8.85 Å². The molecule has 9 rings (SSSR count). The van der Waals surface area contributed by atoms with Crippen molar-refractivity contribution in [1.29, 1.82) is 0 Å². The van der Waals surface area contributed by atoms with E-state index >= 15 is 0 Å². The van der Waals surface area contributed by atoms with Crippen LogP contribution in [-0.4, -0.2) is 28.1 Å². The Bertz CT molecular complexity index is 2800. The van der Waals surface area contributed by atoms with Gasteiger partial charge in [-0.25, -0.2) is 9.98 Å². The first-order valence-corrected chi connectivity index (χ1v) is 27.0. The van der Waals surface area contributed by atoms with Crippen LogP contribution in [0.4, 0.5) is 11.4 Å². The first kappa shape index (κ1) is 44.6. The van der Waals surface area contributed by atoms with Gasteiger partial charge in [-0.15, -0.1) is 0 Å². The lowest BCUT2D eigenvalue weighted by Crippen LogP contribution is -2.68. The van der Waals surface area contributed by atoms with E-state index in [1.54, 1.807) is 0 Å².